The number of hydrogen-bond acceptors (Lipinski definition) is 4. The number of ether oxygens (including phenoxy) is 1. The zero-order valence-electron chi connectivity index (χ0n) is 13.1. The maximum absolute atomic E-state index is 11.8. The summed E-state index contributed by atoms with van der Waals surface area (Å²) in [6.45, 7) is 5.90. The van der Waals surface area contributed by atoms with E-state index in [0.717, 1.165) is 57.0 Å². The zero-order valence-corrected chi connectivity index (χ0v) is 14.0. The van der Waals surface area contributed by atoms with Gasteiger partial charge < -0.3 is 15.4 Å². The Balaban J connectivity index is 0.00000242. The van der Waals surface area contributed by atoms with Gasteiger partial charge in [-0.15, -0.1) is 12.4 Å². The van der Waals surface area contributed by atoms with Gasteiger partial charge in [0.1, 0.15) is 5.75 Å². The van der Waals surface area contributed by atoms with Crippen LogP contribution in [0, 0.1) is 0 Å². The molecule has 0 atom stereocenters. The van der Waals surface area contributed by atoms with Gasteiger partial charge in [-0.05, 0) is 24.1 Å². The van der Waals surface area contributed by atoms with E-state index >= 15 is 0 Å². The van der Waals surface area contributed by atoms with Crippen molar-refractivity contribution in [2.45, 2.75) is 12.8 Å². The minimum atomic E-state index is 0. The molecule has 1 aliphatic rings. The smallest absolute Gasteiger partial charge is 0.220 e. The molecule has 5 nitrogen and oxygen atoms in total. The van der Waals surface area contributed by atoms with Crippen LogP contribution in [0.1, 0.15) is 12.0 Å². The fourth-order valence-corrected chi connectivity index (χ4v) is 2.46. The number of aryl methyl sites for hydroxylation is 1. The second-order valence-corrected chi connectivity index (χ2v) is 5.29. The van der Waals surface area contributed by atoms with E-state index in [1.54, 1.807) is 7.11 Å². The molecule has 6 heteroatoms. The van der Waals surface area contributed by atoms with Crippen molar-refractivity contribution in [3.63, 3.8) is 0 Å². The number of hydrogen-bond donors (Lipinski definition) is 2. The molecule has 0 aromatic heterocycles. The second-order valence-electron chi connectivity index (χ2n) is 5.29. The van der Waals surface area contributed by atoms with Crippen LogP contribution in [0.4, 0.5) is 0 Å². The highest BCUT2D eigenvalue weighted by Crippen LogP contribution is 2.13. The lowest BCUT2D eigenvalue weighted by Gasteiger charge is -2.27. The number of nitrogens with one attached hydrogen (secondary N) is 2. The van der Waals surface area contributed by atoms with Crippen LogP contribution in [0.2, 0.25) is 0 Å². The lowest BCUT2D eigenvalue weighted by Crippen LogP contribution is -2.46. The first-order chi connectivity index (χ1) is 10.3. The van der Waals surface area contributed by atoms with E-state index in [-0.39, 0.29) is 18.3 Å². The van der Waals surface area contributed by atoms with Crippen molar-refractivity contribution in [3.8, 4) is 5.75 Å². The van der Waals surface area contributed by atoms with Gasteiger partial charge >= 0.3 is 0 Å². The maximum Gasteiger partial charge on any atom is 0.220 e. The highest BCUT2D eigenvalue weighted by molar-refractivity contribution is 5.85. The number of nitrogens with zero attached hydrogens (tertiary/aromatic N) is 1. The van der Waals surface area contributed by atoms with Gasteiger partial charge in [-0.1, -0.05) is 12.1 Å². The summed E-state index contributed by atoms with van der Waals surface area (Å²) < 4.78 is 5.18. The number of carbonyl (C=O) groups is 1. The lowest BCUT2D eigenvalue weighted by atomic mass is 10.1. The predicted molar refractivity (Wildman–Crippen MR) is 90.9 cm³/mol. The third-order valence-electron chi connectivity index (χ3n) is 3.73. The average molecular weight is 328 g/mol. The highest BCUT2D eigenvalue weighted by Gasteiger charge is 2.09. The van der Waals surface area contributed by atoms with Gasteiger partial charge in [0.05, 0.1) is 7.11 Å². The Hall–Kier alpha value is -1.30. The molecule has 1 saturated heterocycles. The van der Waals surface area contributed by atoms with E-state index < -0.39 is 0 Å². The predicted octanol–water partition coefficient (Wildman–Crippen LogP) is 1.07. The number of piperazine rings is 1. The van der Waals surface area contributed by atoms with E-state index in [9.17, 15) is 4.79 Å². The first-order valence-corrected chi connectivity index (χ1v) is 7.60. The van der Waals surface area contributed by atoms with Gasteiger partial charge in [-0.3, -0.25) is 9.69 Å². The van der Waals surface area contributed by atoms with Crippen molar-refractivity contribution in [2.24, 2.45) is 0 Å². The Morgan fingerprint density at radius 1 is 1.36 bits per heavy atom. The Bertz CT molecular complexity index is 451. The summed E-state index contributed by atoms with van der Waals surface area (Å²) in [5, 5.41) is 6.32. The van der Waals surface area contributed by atoms with Crippen LogP contribution >= 0.6 is 12.4 Å². The van der Waals surface area contributed by atoms with E-state index in [2.05, 4.69) is 15.5 Å². The number of rotatable bonds is 7. The van der Waals surface area contributed by atoms with Crippen molar-refractivity contribution in [2.75, 3.05) is 46.4 Å². The van der Waals surface area contributed by atoms with Crippen LogP contribution in [0.5, 0.6) is 5.75 Å². The molecule has 2 rings (SSSR count). The average Bonchev–Trinajstić information content (AvgIpc) is 2.54. The van der Waals surface area contributed by atoms with Crippen LogP contribution in [-0.4, -0.2) is 57.2 Å². The van der Waals surface area contributed by atoms with E-state index in [1.165, 1.54) is 0 Å². The van der Waals surface area contributed by atoms with Crippen LogP contribution in [0.3, 0.4) is 0 Å². The summed E-state index contributed by atoms with van der Waals surface area (Å²) in [6, 6.07) is 7.87. The molecule has 0 bridgehead atoms. The Morgan fingerprint density at radius 2 is 2.14 bits per heavy atom. The van der Waals surface area contributed by atoms with Crippen LogP contribution in [0.25, 0.3) is 0 Å². The first kappa shape index (κ1) is 18.7. The normalized spacial score (nSPS) is 15.0. The van der Waals surface area contributed by atoms with E-state index in [4.69, 9.17) is 4.74 Å². The Labute approximate surface area is 138 Å². The quantitative estimate of drug-likeness (QED) is 0.786. The fourth-order valence-electron chi connectivity index (χ4n) is 2.46. The van der Waals surface area contributed by atoms with Crippen molar-refractivity contribution in [1.29, 1.82) is 0 Å². The van der Waals surface area contributed by atoms with Gasteiger partial charge in [-0.25, -0.2) is 0 Å². The van der Waals surface area contributed by atoms with Gasteiger partial charge in [0.25, 0.3) is 0 Å². The standard InChI is InChI=1S/C16H25N3O2.ClH/c1-21-15-4-2-3-14(13-15)5-6-16(20)18-9-12-19-10-7-17-8-11-19;/h2-4,13,17H,5-12H2,1H3,(H,18,20);1H. The molecule has 22 heavy (non-hydrogen) atoms. The minimum Gasteiger partial charge on any atom is -0.497 e. The molecule has 1 aromatic rings. The van der Waals surface area contributed by atoms with Crippen molar-refractivity contribution in [1.82, 2.24) is 15.5 Å². The molecule has 0 unspecified atom stereocenters. The van der Waals surface area contributed by atoms with E-state index in [1.807, 2.05) is 24.3 Å². The van der Waals surface area contributed by atoms with Gasteiger partial charge in [0.15, 0.2) is 0 Å². The molecule has 124 valence electrons. The zero-order chi connectivity index (χ0) is 14.9. The highest BCUT2D eigenvalue weighted by atomic mass is 35.5. The maximum atomic E-state index is 11.8. The van der Waals surface area contributed by atoms with Crippen molar-refractivity contribution >= 4 is 18.3 Å². The monoisotopic (exact) mass is 327 g/mol. The third kappa shape index (κ3) is 6.64. The molecule has 0 saturated carbocycles. The molecular formula is C16H26ClN3O2. The number of methoxy groups -OCH3 is 1. The molecule has 0 aliphatic carbocycles. The number of halogens is 1. The van der Waals surface area contributed by atoms with E-state index in [0.29, 0.717) is 6.42 Å². The van der Waals surface area contributed by atoms with Crippen molar-refractivity contribution < 1.29 is 9.53 Å². The molecule has 1 amide bonds. The fraction of sp³-hybridized carbons (Fsp3) is 0.562. The second kappa shape index (κ2) is 10.4. The van der Waals surface area contributed by atoms with Crippen LogP contribution in [-0.2, 0) is 11.2 Å². The Kier molecular flexibility index (Phi) is 8.89. The Morgan fingerprint density at radius 3 is 2.86 bits per heavy atom. The largest absolute Gasteiger partial charge is 0.497 e. The lowest BCUT2D eigenvalue weighted by molar-refractivity contribution is -0.121. The van der Waals surface area contributed by atoms with Gasteiger partial charge in [0, 0.05) is 45.7 Å². The molecule has 1 heterocycles. The molecule has 1 aromatic carbocycles. The SMILES string of the molecule is COc1cccc(CCC(=O)NCCN2CCNCC2)c1.Cl. The summed E-state index contributed by atoms with van der Waals surface area (Å²) >= 11 is 0. The summed E-state index contributed by atoms with van der Waals surface area (Å²) in [5.41, 5.74) is 1.13. The van der Waals surface area contributed by atoms with Gasteiger partial charge in [-0.2, -0.15) is 0 Å². The molecular weight excluding hydrogens is 302 g/mol. The van der Waals surface area contributed by atoms with Crippen LogP contribution in [0.15, 0.2) is 24.3 Å². The topological polar surface area (TPSA) is 53.6 Å². The molecule has 1 fully saturated rings. The molecule has 0 radical (unpaired) electrons. The third-order valence-corrected chi connectivity index (χ3v) is 3.73. The summed E-state index contributed by atoms with van der Waals surface area (Å²) in [4.78, 5) is 14.2. The van der Waals surface area contributed by atoms with Crippen LogP contribution < -0.4 is 15.4 Å². The minimum absolute atomic E-state index is 0. The summed E-state index contributed by atoms with van der Waals surface area (Å²) in [6.07, 6.45) is 1.27. The van der Waals surface area contributed by atoms with Gasteiger partial charge in [0.2, 0.25) is 5.91 Å². The molecule has 0 spiro atoms. The number of amides is 1. The van der Waals surface area contributed by atoms with Crippen molar-refractivity contribution in [3.05, 3.63) is 29.8 Å². The summed E-state index contributed by atoms with van der Waals surface area (Å²) in [7, 11) is 1.65. The number of benzene rings is 1. The first-order valence-electron chi connectivity index (χ1n) is 7.60. The summed E-state index contributed by atoms with van der Waals surface area (Å²) in [5.74, 6) is 0.958. The molecule has 2 N–H and O–H groups in total. The molecule has 1 aliphatic heterocycles. The number of carbonyl (C=O) groups excluding carboxylic acids is 1.